The van der Waals surface area contributed by atoms with Crippen LogP contribution in [0.5, 0.6) is 0 Å². The molecule has 0 bridgehead atoms. The number of sulfone groups is 1. The number of hydrogen-bond donors (Lipinski definition) is 1. The lowest BCUT2D eigenvalue weighted by molar-refractivity contribution is 0.595. The van der Waals surface area contributed by atoms with Gasteiger partial charge in [-0.25, -0.2) is 13.4 Å². The van der Waals surface area contributed by atoms with Crippen LogP contribution in [0.2, 0.25) is 0 Å². The summed E-state index contributed by atoms with van der Waals surface area (Å²) in [5.74, 6) is 0. The first-order chi connectivity index (χ1) is 6.07. The Hall–Kier alpha value is -1.36. The lowest BCUT2D eigenvalue weighted by Gasteiger charge is -1.86. The number of aromatic nitrogens is 2. The summed E-state index contributed by atoms with van der Waals surface area (Å²) in [5.41, 5.74) is 1.41. The van der Waals surface area contributed by atoms with E-state index >= 15 is 0 Å². The molecule has 0 aliphatic rings. The number of nitrogens with one attached hydrogen (secondary N) is 1. The van der Waals surface area contributed by atoms with Crippen molar-refractivity contribution < 1.29 is 9.84 Å². The third-order valence-electron chi connectivity index (χ3n) is 1.72. The van der Waals surface area contributed by atoms with Gasteiger partial charge in [0, 0.05) is 7.68 Å². The third kappa shape index (κ3) is 1.42. The molecule has 5 heteroatoms. The van der Waals surface area contributed by atoms with E-state index in [1.165, 1.54) is 0 Å². The molecule has 0 spiro atoms. The maximum atomic E-state index is 11.1. The third-order valence-corrected chi connectivity index (χ3v) is 2.61. The van der Waals surface area contributed by atoms with Crippen molar-refractivity contribution in [3.8, 4) is 0 Å². The van der Waals surface area contributed by atoms with Crippen LogP contribution in [0.15, 0.2) is 29.4 Å². The van der Waals surface area contributed by atoms with E-state index in [1.54, 1.807) is 12.1 Å². The Morgan fingerprint density at radius 2 is 2.08 bits per heavy atom. The first kappa shape index (κ1) is 8.25. The van der Waals surface area contributed by atoms with Crippen LogP contribution < -0.4 is 0 Å². The summed E-state index contributed by atoms with van der Waals surface area (Å²) in [6.45, 7) is 0. The van der Waals surface area contributed by atoms with Crippen molar-refractivity contribution in [2.75, 3.05) is 6.26 Å². The van der Waals surface area contributed by atoms with Crippen molar-refractivity contribution in [2.24, 2.45) is 0 Å². The van der Waals surface area contributed by atoms with Gasteiger partial charge in [-0.2, -0.15) is 0 Å². The van der Waals surface area contributed by atoms with Crippen LogP contribution in [0.25, 0.3) is 11.0 Å². The number of benzene rings is 1. The Morgan fingerprint density at radius 3 is 2.69 bits per heavy atom. The maximum absolute atomic E-state index is 11.1. The van der Waals surface area contributed by atoms with Crippen molar-refractivity contribution >= 4 is 20.9 Å². The molecule has 4 nitrogen and oxygen atoms in total. The van der Waals surface area contributed by atoms with Crippen LogP contribution >= 0.6 is 0 Å². The van der Waals surface area contributed by atoms with Crippen LogP contribution in [0, 0.1) is 0 Å². The molecule has 13 heavy (non-hydrogen) atoms. The number of aromatic amines is 1. The molecule has 0 saturated heterocycles. The zero-order valence-electron chi connectivity index (χ0n) is 6.98. The highest BCUT2D eigenvalue weighted by Crippen LogP contribution is 2.12. The lowest BCUT2D eigenvalue weighted by Crippen LogP contribution is -1.98. The molecule has 2 aromatic rings. The Kier molecular flexibility index (Phi) is 1.63. The smallest absolute Gasteiger partial charge is 0.225 e. The minimum atomic E-state index is -3.23. The monoisotopic (exact) mass is 198 g/mol. The maximum Gasteiger partial charge on any atom is 0.225 e. The summed E-state index contributed by atoms with van der Waals surface area (Å²) in [5, 5.41) is 0.0219. The predicted octanol–water partition coefficient (Wildman–Crippen LogP) is 1.21. The van der Waals surface area contributed by atoms with Crippen LogP contribution in [-0.4, -0.2) is 24.6 Å². The lowest BCUT2D eigenvalue weighted by atomic mass is 10.3. The second-order valence-corrected chi connectivity index (χ2v) is 4.76. The Morgan fingerprint density at radius 1 is 1.38 bits per heavy atom. The average Bonchev–Trinajstić information content (AvgIpc) is 2.45. The van der Waals surface area contributed by atoms with Crippen molar-refractivity contribution in [3.05, 3.63) is 24.3 Å². The molecule has 1 N–H and O–H groups in total. The fraction of sp³-hybridized carbons (Fsp3) is 0.125. The fourth-order valence-corrected chi connectivity index (χ4v) is 1.66. The minimum absolute atomic E-state index is 0. The molecule has 0 unspecified atom stereocenters. The second kappa shape index (κ2) is 2.56. The van der Waals surface area contributed by atoms with Crippen molar-refractivity contribution in [2.45, 2.75) is 5.16 Å². The highest BCUT2D eigenvalue weighted by atomic mass is 32.2. The van der Waals surface area contributed by atoms with Gasteiger partial charge in [0.1, 0.15) is 0 Å². The summed E-state index contributed by atoms with van der Waals surface area (Å²) >= 11 is 0. The Balaban J connectivity index is 0.000000980. The summed E-state index contributed by atoms with van der Waals surface area (Å²) in [4.78, 5) is 6.68. The largest absolute Gasteiger partial charge is 0.329 e. The molecule has 0 saturated carbocycles. The van der Waals surface area contributed by atoms with Crippen LogP contribution in [0.3, 0.4) is 0 Å². The topological polar surface area (TPSA) is 62.8 Å². The highest BCUT2D eigenvalue weighted by molar-refractivity contribution is 7.90. The van der Waals surface area contributed by atoms with E-state index in [1.807, 2.05) is 12.1 Å². The number of H-pyrrole nitrogens is 1. The van der Waals surface area contributed by atoms with Gasteiger partial charge in [-0.1, -0.05) is 12.1 Å². The van der Waals surface area contributed by atoms with Gasteiger partial charge in [0.2, 0.25) is 15.0 Å². The standard InChI is InChI=1S/C8H8N2O2S.H2/c1-13(11,12)8-9-6-4-2-3-5-7(6)10-8;/h2-5H,1H3,(H,9,10);1H. The summed E-state index contributed by atoms with van der Waals surface area (Å²) in [6, 6.07) is 7.19. The molecule has 0 aliphatic heterocycles. The molecular formula is C8H10N2O2S. The Bertz CT molecular complexity index is 514. The van der Waals surface area contributed by atoms with Crippen molar-refractivity contribution in [1.29, 1.82) is 0 Å². The van der Waals surface area contributed by atoms with Gasteiger partial charge in [-0.15, -0.1) is 0 Å². The van der Waals surface area contributed by atoms with E-state index in [-0.39, 0.29) is 6.58 Å². The van der Waals surface area contributed by atoms with Gasteiger partial charge >= 0.3 is 0 Å². The number of para-hydroxylation sites is 2. The molecule has 0 aliphatic carbocycles. The van der Waals surface area contributed by atoms with E-state index in [4.69, 9.17) is 0 Å². The SMILES string of the molecule is CS(=O)(=O)c1nc2ccccc2[nH]1.[HH]. The first-order valence-electron chi connectivity index (χ1n) is 3.72. The van der Waals surface area contributed by atoms with E-state index in [0.29, 0.717) is 5.52 Å². The van der Waals surface area contributed by atoms with Gasteiger partial charge in [0.05, 0.1) is 11.0 Å². The molecule has 2 rings (SSSR count). The van der Waals surface area contributed by atoms with Gasteiger partial charge in [-0.05, 0) is 12.1 Å². The second-order valence-electron chi connectivity index (χ2n) is 2.83. The van der Waals surface area contributed by atoms with Crippen molar-refractivity contribution in [1.82, 2.24) is 9.97 Å². The number of imidazole rings is 1. The van der Waals surface area contributed by atoms with Crippen LogP contribution in [0.4, 0.5) is 0 Å². The van der Waals surface area contributed by atoms with Gasteiger partial charge < -0.3 is 4.98 Å². The van der Waals surface area contributed by atoms with Crippen molar-refractivity contribution in [3.63, 3.8) is 0 Å². The van der Waals surface area contributed by atoms with E-state index in [2.05, 4.69) is 9.97 Å². The van der Waals surface area contributed by atoms with Gasteiger partial charge in [-0.3, -0.25) is 0 Å². The van der Waals surface area contributed by atoms with Crippen LogP contribution in [0.1, 0.15) is 1.43 Å². The molecule has 0 atom stereocenters. The summed E-state index contributed by atoms with van der Waals surface area (Å²) in [6.07, 6.45) is 1.13. The minimum Gasteiger partial charge on any atom is -0.329 e. The predicted molar refractivity (Wildman–Crippen MR) is 51.3 cm³/mol. The van der Waals surface area contributed by atoms with Gasteiger partial charge in [0.25, 0.3) is 0 Å². The molecule has 0 fully saturated rings. The molecule has 0 amide bonds. The van der Waals surface area contributed by atoms with Gasteiger partial charge in [0.15, 0.2) is 0 Å². The first-order valence-corrected chi connectivity index (χ1v) is 5.61. The van der Waals surface area contributed by atoms with Crippen LogP contribution in [-0.2, 0) is 9.84 Å². The number of fused-ring (bicyclic) bond motifs is 1. The number of hydrogen-bond acceptors (Lipinski definition) is 3. The molecule has 70 valence electrons. The molecule has 1 aromatic carbocycles. The molecular weight excluding hydrogens is 188 g/mol. The van der Waals surface area contributed by atoms with E-state index in [9.17, 15) is 8.42 Å². The highest BCUT2D eigenvalue weighted by Gasteiger charge is 2.11. The zero-order valence-corrected chi connectivity index (χ0v) is 7.80. The number of nitrogens with zero attached hydrogens (tertiary/aromatic N) is 1. The summed E-state index contributed by atoms with van der Waals surface area (Å²) < 4.78 is 22.2. The molecule has 0 radical (unpaired) electrons. The normalized spacial score (nSPS) is 12.1. The molecule has 1 aromatic heterocycles. The Labute approximate surface area is 77.0 Å². The fourth-order valence-electron chi connectivity index (χ4n) is 1.11. The van der Waals surface area contributed by atoms with E-state index in [0.717, 1.165) is 11.8 Å². The molecule has 1 heterocycles. The summed E-state index contributed by atoms with van der Waals surface area (Å²) in [7, 11) is -3.23. The number of rotatable bonds is 1. The quantitative estimate of drug-likeness (QED) is 0.749. The zero-order chi connectivity index (χ0) is 9.47. The van der Waals surface area contributed by atoms with E-state index < -0.39 is 9.84 Å². The average molecular weight is 198 g/mol.